The number of allylic oxidation sites excluding steroid dienone is 3. The molecule has 2 heterocycles. The molecule has 2 saturated heterocycles. The zero-order valence-electron chi connectivity index (χ0n) is 15.6. The molecule has 26 heavy (non-hydrogen) atoms. The van der Waals surface area contributed by atoms with Crippen LogP contribution in [-0.4, -0.2) is 70.3 Å². The zero-order chi connectivity index (χ0) is 18.5. The predicted octanol–water partition coefficient (Wildman–Crippen LogP) is 2.16. The molecule has 138 valence electrons. The van der Waals surface area contributed by atoms with Gasteiger partial charge in [0.25, 0.3) is 5.91 Å². The molecule has 2 fully saturated rings. The van der Waals surface area contributed by atoms with Crippen molar-refractivity contribution in [3.8, 4) is 0 Å². The second-order valence-corrected chi connectivity index (χ2v) is 8.02. The molecule has 0 spiro atoms. The van der Waals surface area contributed by atoms with Gasteiger partial charge < -0.3 is 0 Å². The van der Waals surface area contributed by atoms with Crippen LogP contribution in [0.5, 0.6) is 0 Å². The average Bonchev–Trinajstić information content (AvgIpc) is 2.61. The Balaban J connectivity index is 1.46. The molecule has 5 heteroatoms. The Morgan fingerprint density at radius 3 is 2.50 bits per heavy atom. The van der Waals surface area contributed by atoms with Crippen molar-refractivity contribution < 1.29 is 24.1 Å². The first-order valence-corrected chi connectivity index (χ1v) is 10.9. The Hall–Kier alpha value is -1.51. The molecule has 1 aromatic rings. The SMILES string of the molecule is Cc1cccc(C(=O)N2CC(N3CCN(C=C/C=C\[CH]=[W])CC3)C2)c1C. The minimum absolute atomic E-state index is 0.186. The van der Waals surface area contributed by atoms with Crippen LogP contribution in [0.1, 0.15) is 21.5 Å². The number of amides is 1. The number of nitrogens with zero attached hydrogens (tertiary/aromatic N) is 3. The Labute approximate surface area is 167 Å². The molecule has 0 atom stereocenters. The molecule has 1 aromatic carbocycles. The van der Waals surface area contributed by atoms with E-state index in [4.69, 9.17) is 0 Å². The summed E-state index contributed by atoms with van der Waals surface area (Å²) < 4.78 is 2.12. The van der Waals surface area contributed by atoms with Gasteiger partial charge >= 0.3 is 108 Å². The summed E-state index contributed by atoms with van der Waals surface area (Å²) in [5, 5.41) is 0. The smallest absolute Gasteiger partial charge is 0.0354 e. The van der Waals surface area contributed by atoms with E-state index in [-0.39, 0.29) is 5.91 Å². The molecule has 2 aliphatic heterocycles. The molecule has 4 nitrogen and oxygen atoms in total. The quantitative estimate of drug-likeness (QED) is 0.557. The van der Waals surface area contributed by atoms with Gasteiger partial charge in [0.15, 0.2) is 0 Å². The monoisotopic (exact) mass is 521 g/mol. The first-order valence-electron chi connectivity index (χ1n) is 9.22. The van der Waals surface area contributed by atoms with E-state index in [1.165, 1.54) is 24.9 Å². The Morgan fingerprint density at radius 2 is 1.81 bits per heavy atom. The summed E-state index contributed by atoms with van der Waals surface area (Å²) in [6.07, 6.45) is 8.47. The Kier molecular flexibility index (Phi) is 6.61. The van der Waals surface area contributed by atoms with Crippen molar-refractivity contribution in [2.24, 2.45) is 0 Å². The predicted molar refractivity (Wildman–Crippen MR) is 103 cm³/mol. The fourth-order valence-corrected chi connectivity index (χ4v) is 3.86. The molecule has 0 saturated carbocycles. The summed E-state index contributed by atoms with van der Waals surface area (Å²) in [5.74, 6) is 0.186. The number of carbonyl (C=O) groups excluding carboxylic acids is 1. The van der Waals surface area contributed by atoms with Crippen molar-refractivity contribution in [3.63, 3.8) is 0 Å². The number of benzene rings is 1. The maximum absolute atomic E-state index is 12.7. The first-order chi connectivity index (χ1) is 12.6. The van der Waals surface area contributed by atoms with Crippen LogP contribution in [0.15, 0.2) is 42.6 Å². The van der Waals surface area contributed by atoms with Crippen molar-refractivity contribution >= 4 is 10.3 Å². The maximum atomic E-state index is 12.7. The molecule has 0 unspecified atom stereocenters. The van der Waals surface area contributed by atoms with Crippen LogP contribution in [0.4, 0.5) is 0 Å². The Morgan fingerprint density at radius 1 is 1.08 bits per heavy atom. The van der Waals surface area contributed by atoms with Crippen molar-refractivity contribution in [3.05, 3.63) is 59.3 Å². The van der Waals surface area contributed by atoms with Crippen molar-refractivity contribution in [2.45, 2.75) is 19.9 Å². The number of piperazine rings is 1. The summed E-state index contributed by atoms with van der Waals surface area (Å²) in [6, 6.07) is 6.52. The van der Waals surface area contributed by atoms with Gasteiger partial charge in [-0.25, -0.2) is 0 Å². The van der Waals surface area contributed by atoms with Gasteiger partial charge in [-0.1, -0.05) is 12.1 Å². The largest absolute Gasteiger partial charge is 0.0387 e. The fraction of sp³-hybridized carbons (Fsp3) is 0.429. The van der Waals surface area contributed by atoms with Gasteiger partial charge in [-0.15, -0.1) is 0 Å². The van der Waals surface area contributed by atoms with Gasteiger partial charge in [0.1, 0.15) is 0 Å². The normalized spacial score (nSPS) is 19.3. The molecule has 0 aromatic heterocycles. The van der Waals surface area contributed by atoms with Crippen LogP contribution in [0.3, 0.4) is 0 Å². The van der Waals surface area contributed by atoms with Crippen LogP contribution < -0.4 is 0 Å². The topological polar surface area (TPSA) is 26.8 Å². The second kappa shape index (κ2) is 8.92. The van der Waals surface area contributed by atoms with E-state index in [0.717, 1.165) is 50.4 Å². The van der Waals surface area contributed by atoms with Gasteiger partial charge in [-0.2, -0.15) is 0 Å². The number of likely N-dealkylation sites (tertiary alicyclic amines) is 1. The van der Waals surface area contributed by atoms with Crippen molar-refractivity contribution in [2.75, 3.05) is 39.3 Å². The Bertz CT molecular complexity index is 714. The number of rotatable bonds is 5. The molecule has 0 bridgehead atoms. The number of hydrogen-bond donors (Lipinski definition) is 0. The second-order valence-electron chi connectivity index (χ2n) is 7.05. The van der Waals surface area contributed by atoms with E-state index in [0.29, 0.717) is 6.04 Å². The van der Waals surface area contributed by atoms with Gasteiger partial charge in [-0.05, 0) is 31.0 Å². The minimum Gasteiger partial charge on any atom is -0.0387 e. The molecule has 0 aliphatic carbocycles. The van der Waals surface area contributed by atoms with Gasteiger partial charge in [-0.3, -0.25) is 4.79 Å². The van der Waals surface area contributed by atoms with Gasteiger partial charge in [0.2, 0.25) is 0 Å². The van der Waals surface area contributed by atoms with Gasteiger partial charge in [0, 0.05) is 5.56 Å². The van der Waals surface area contributed by atoms with E-state index in [9.17, 15) is 4.79 Å². The van der Waals surface area contributed by atoms with Gasteiger partial charge in [0.05, 0.1) is 0 Å². The fourth-order valence-electron chi connectivity index (χ4n) is 3.54. The van der Waals surface area contributed by atoms with Crippen LogP contribution in [0.2, 0.25) is 0 Å². The maximum Gasteiger partial charge on any atom is -0.0354 e. The number of hydrogen-bond acceptors (Lipinski definition) is 3. The number of aryl methyl sites for hydroxylation is 1. The minimum atomic E-state index is 0.186. The summed E-state index contributed by atoms with van der Waals surface area (Å²) in [4.78, 5) is 19.6. The molecular weight excluding hydrogens is 494 g/mol. The summed E-state index contributed by atoms with van der Waals surface area (Å²) >= 11 is 1.48. The third-order valence-corrected chi connectivity index (χ3v) is 6.01. The molecular formula is C21H27N3OW. The van der Waals surface area contributed by atoms with Crippen LogP contribution in [0, 0.1) is 13.8 Å². The van der Waals surface area contributed by atoms with E-state index < -0.39 is 0 Å². The van der Waals surface area contributed by atoms with E-state index >= 15 is 0 Å². The van der Waals surface area contributed by atoms with Crippen LogP contribution >= 0.6 is 0 Å². The van der Waals surface area contributed by atoms with E-state index in [1.807, 2.05) is 24.0 Å². The summed E-state index contributed by atoms with van der Waals surface area (Å²) in [7, 11) is 0. The molecule has 0 radical (unpaired) electrons. The first kappa shape index (κ1) is 19.3. The molecule has 1 amide bonds. The van der Waals surface area contributed by atoms with E-state index in [1.54, 1.807) is 0 Å². The van der Waals surface area contributed by atoms with Crippen LogP contribution in [0.25, 0.3) is 0 Å². The standard InChI is InChI=1S/C21H27N3O.W/c1-4-5-6-10-22-11-13-23(14-12-22)19-15-24(16-19)21(25)20-9-7-8-17(2)18(20)3;/h1,4-10,19H,11-16H2,2-3H3;/b5-4-,10-6?;. The third kappa shape index (κ3) is 4.42. The molecule has 3 rings (SSSR count). The molecule has 0 N–H and O–H groups in total. The molecule has 2 aliphatic rings. The van der Waals surface area contributed by atoms with Crippen molar-refractivity contribution in [1.29, 1.82) is 0 Å². The summed E-state index contributed by atoms with van der Waals surface area (Å²) in [5.41, 5.74) is 3.15. The number of carbonyl (C=O) groups is 1. The van der Waals surface area contributed by atoms with E-state index in [2.05, 4.69) is 51.6 Å². The van der Waals surface area contributed by atoms with Crippen LogP contribution in [-0.2, 0) is 19.4 Å². The summed E-state index contributed by atoms with van der Waals surface area (Å²) in [6.45, 7) is 10.1. The van der Waals surface area contributed by atoms with Crippen molar-refractivity contribution in [1.82, 2.24) is 14.7 Å². The third-order valence-electron chi connectivity index (χ3n) is 5.45. The zero-order valence-corrected chi connectivity index (χ0v) is 18.5. The average molecular weight is 521 g/mol.